The van der Waals surface area contributed by atoms with E-state index >= 15 is 0 Å². The van der Waals surface area contributed by atoms with Crippen LogP contribution in [0.15, 0.2) is 41.3 Å². The first-order valence-corrected chi connectivity index (χ1v) is 11.6. The molecule has 5 rings (SSSR count). The van der Waals surface area contributed by atoms with E-state index < -0.39 is 10.0 Å². The zero-order valence-electron chi connectivity index (χ0n) is 16.2. The molecule has 0 radical (unpaired) electrons. The third kappa shape index (κ3) is 3.72. The quantitative estimate of drug-likeness (QED) is 0.669. The van der Waals surface area contributed by atoms with Crippen LogP contribution in [0.4, 0.5) is 5.82 Å². The van der Waals surface area contributed by atoms with Crippen LogP contribution in [-0.4, -0.2) is 45.6 Å². The molecule has 8 nitrogen and oxygen atoms in total. The molecule has 1 saturated carbocycles. The van der Waals surface area contributed by atoms with Crippen LogP contribution in [0.2, 0.25) is 0 Å². The third-order valence-corrected chi connectivity index (χ3v) is 7.45. The highest BCUT2D eigenvalue weighted by Crippen LogP contribution is 2.38. The Morgan fingerprint density at radius 2 is 1.86 bits per heavy atom. The van der Waals surface area contributed by atoms with Gasteiger partial charge in [-0.15, -0.1) is 15.3 Å². The predicted octanol–water partition coefficient (Wildman–Crippen LogP) is 2.79. The van der Waals surface area contributed by atoms with Crippen LogP contribution in [0, 0.1) is 0 Å². The Hall–Kier alpha value is -2.52. The standard InChI is InChI=1S/C20H24N6O2S/c27-29(28,25-11-2-1-3-12-25)17-6-4-5-15(13-17)14-21-18-9-10-19-22-23-20(16-7-8-16)26(19)24-18/h4-6,9-10,13,16H,1-3,7-8,11-12,14H2,(H,21,24). The number of hydrogen-bond acceptors (Lipinski definition) is 6. The lowest BCUT2D eigenvalue weighted by atomic mass is 10.2. The maximum absolute atomic E-state index is 12.9. The molecule has 152 valence electrons. The summed E-state index contributed by atoms with van der Waals surface area (Å²) in [5, 5.41) is 16.3. The molecule has 1 N–H and O–H groups in total. The smallest absolute Gasteiger partial charge is 0.243 e. The molecular weight excluding hydrogens is 388 g/mol. The number of aromatic nitrogens is 4. The molecular formula is C20H24N6O2S. The predicted molar refractivity (Wildman–Crippen MR) is 109 cm³/mol. The second kappa shape index (κ2) is 7.38. The molecule has 2 aliphatic rings. The van der Waals surface area contributed by atoms with E-state index in [1.807, 2.05) is 18.2 Å². The van der Waals surface area contributed by atoms with Gasteiger partial charge in [0.05, 0.1) is 4.90 Å². The molecule has 1 aromatic carbocycles. The minimum Gasteiger partial charge on any atom is -0.365 e. The summed E-state index contributed by atoms with van der Waals surface area (Å²) in [6.45, 7) is 1.71. The highest BCUT2D eigenvalue weighted by molar-refractivity contribution is 7.89. The highest BCUT2D eigenvalue weighted by Gasteiger charge is 2.29. The van der Waals surface area contributed by atoms with Crippen molar-refractivity contribution in [2.45, 2.75) is 49.5 Å². The summed E-state index contributed by atoms with van der Waals surface area (Å²) >= 11 is 0. The number of benzene rings is 1. The maximum atomic E-state index is 12.9. The number of sulfonamides is 1. The summed E-state index contributed by atoms with van der Waals surface area (Å²) in [6, 6.07) is 10.9. The number of piperidine rings is 1. The fourth-order valence-corrected chi connectivity index (χ4v) is 5.35. The molecule has 0 atom stereocenters. The van der Waals surface area contributed by atoms with E-state index in [1.54, 1.807) is 27.0 Å². The molecule has 29 heavy (non-hydrogen) atoms. The number of anilines is 1. The van der Waals surface area contributed by atoms with Crippen molar-refractivity contribution in [1.82, 2.24) is 24.1 Å². The largest absolute Gasteiger partial charge is 0.365 e. The normalized spacial score (nSPS) is 18.2. The average molecular weight is 413 g/mol. The van der Waals surface area contributed by atoms with Gasteiger partial charge in [0.15, 0.2) is 11.5 Å². The van der Waals surface area contributed by atoms with Gasteiger partial charge in [-0.05, 0) is 55.5 Å². The molecule has 2 aromatic heterocycles. The van der Waals surface area contributed by atoms with E-state index in [9.17, 15) is 8.42 Å². The van der Waals surface area contributed by atoms with Crippen LogP contribution in [0.3, 0.4) is 0 Å². The van der Waals surface area contributed by atoms with Gasteiger partial charge in [-0.3, -0.25) is 0 Å². The number of rotatable bonds is 6. The van der Waals surface area contributed by atoms with Crippen LogP contribution >= 0.6 is 0 Å². The molecule has 0 spiro atoms. The van der Waals surface area contributed by atoms with Crippen molar-refractivity contribution in [3.8, 4) is 0 Å². The van der Waals surface area contributed by atoms with Gasteiger partial charge in [0.2, 0.25) is 10.0 Å². The molecule has 3 aromatic rings. The summed E-state index contributed by atoms with van der Waals surface area (Å²) in [5.41, 5.74) is 1.64. The van der Waals surface area contributed by atoms with Crippen molar-refractivity contribution < 1.29 is 8.42 Å². The number of fused-ring (bicyclic) bond motifs is 1. The van der Waals surface area contributed by atoms with Gasteiger partial charge < -0.3 is 5.32 Å². The average Bonchev–Trinajstić information content (AvgIpc) is 3.52. The lowest BCUT2D eigenvalue weighted by Crippen LogP contribution is -2.35. The first-order chi connectivity index (χ1) is 14.1. The Kier molecular flexibility index (Phi) is 4.71. The third-order valence-electron chi connectivity index (χ3n) is 5.55. The van der Waals surface area contributed by atoms with Gasteiger partial charge in [0, 0.05) is 25.6 Å². The second-order valence-electron chi connectivity index (χ2n) is 7.79. The maximum Gasteiger partial charge on any atom is 0.243 e. The minimum absolute atomic E-state index is 0.358. The number of hydrogen-bond donors (Lipinski definition) is 1. The summed E-state index contributed by atoms with van der Waals surface area (Å²) in [5.74, 6) is 2.09. The van der Waals surface area contributed by atoms with E-state index in [0.717, 1.165) is 49.1 Å². The molecule has 0 unspecified atom stereocenters. The number of nitrogens with zero attached hydrogens (tertiary/aromatic N) is 5. The van der Waals surface area contributed by atoms with Crippen molar-refractivity contribution in [3.05, 3.63) is 47.8 Å². The summed E-state index contributed by atoms with van der Waals surface area (Å²) in [6.07, 6.45) is 5.24. The Bertz CT molecular complexity index is 1130. The van der Waals surface area contributed by atoms with Crippen molar-refractivity contribution >= 4 is 21.5 Å². The van der Waals surface area contributed by atoms with E-state index in [4.69, 9.17) is 0 Å². The van der Waals surface area contributed by atoms with E-state index in [1.165, 1.54) is 0 Å². The van der Waals surface area contributed by atoms with E-state index in [-0.39, 0.29) is 0 Å². The minimum atomic E-state index is -3.43. The molecule has 2 fully saturated rings. The lowest BCUT2D eigenvalue weighted by Gasteiger charge is -2.26. The van der Waals surface area contributed by atoms with Crippen molar-refractivity contribution in [3.63, 3.8) is 0 Å². The second-order valence-corrected chi connectivity index (χ2v) is 9.72. The lowest BCUT2D eigenvalue weighted by molar-refractivity contribution is 0.346. The summed E-state index contributed by atoms with van der Waals surface area (Å²) < 4.78 is 29.2. The fourth-order valence-electron chi connectivity index (χ4n) is 3.76. The summed E-state index contributed by atoms with van der Waals surface area (Å²) in [7, 11) is -3.43. The van der Waals surface area contributed by atoms with Crippen LogP contribution in [0.1, 0.15) is 49.4 Å². The topological polar surface area (TPSA) is 92.5 Å². The molecule has 1 aliphatic carbocycles. The van der Waals surface area contributed by atoms with Gasteiger partial charge in [-0.2, -0.15) is 8.82 Å². The van der Waals surface area contributed by atoms with Crippen LogP contribution in [-0.2, 0) is 16.6 Å². The van der Waals surface area contributed by atoms with Gasteiger partial charge in [-0.25, -0.2) is 8.42 Å². The zero-order chi connectivity index (χ0) is 19.8. The summed E-state index contributed by atoms with van der Waals surface area (Å²) in [4.78, 5) is 0.358. The van der Waals surface area contributed by atoms with Gasteiger partial charge in [0.1, 0.15) is 5.82 Å². The first-order valence-electron chi connectivity index (χ1n) is 10.2. The molecule has 1 aliphatic heterocycles. The zero-order valence-corrected chi connectivity index (χ0v) is 17.0. The highest BCUT2D eigenvalue weighted by atomic mass is 32.2. The van der Waals surface area contributed by atoms with Crippen LogP contribution in [0.25, 0.3) is 5.65 Å². The van der Waals surface area contributed by atoms with Gasteiger partial charge >= 0.3 is 0 Å². The van der Waals surface area contributed by atoms with Crippen molar-refractivity contribution in [2.24, 2.45) is 0 Å². The first kappa shape index (κ1) is 18.5. The van der Waals surface area contributed by atoms with Crippen molar-refractivity contribution in [1.29, 1.82) is 0 Å². The molecule has 0 bridgehead atoms. The Morgan fingerprint density at radius 3 is 2.66 bits per heavy atom. The van der Waals surface area contributed by atoms with Crippen LogP contribution < -0.4 is 5.32 Å². The molecule has 3 heterocycles. The van der Waals surface area contributed by atoms with Gasteiger partial charge in [-0.1, -0.05) is 18.6 Å². The monoisotopic (exact) mass is 412 g/mol. The Balaban J connectivity index is 1.33. The molecule has 9 heteroatoms. The van der Waals surface area contributed by atoms with E-state index in [2.05, 4.69) is 20.6 Å². The van der Waals surface area contributed by atoms with Crippen LogP contribution in [0.5, 0.6) is 0 Å². The Morgan fingerprint density at radius 1 is 1.03 bits per heavy atom. The molecule has 0 amide bonds. The Labute approximate surface area is 170 Å². The fraction of sp³-hybridized carbons (Fsp3) is 0.450. The molecule has 1 saturated heterocycles. The number of nitrogens with one attached hydrogen (secondary N) is 1. The van der Waals surface area contributed by atoms with E-state index in [0.29, 0.717) is 36.3 Å². The SMILES string of the molecule is O=S(=O)(c1cccc(CNc2ccc3nnc(C4CC4)n3n2)c1)N1CCCCC1. The van der Waals surface area contributed by atoms with Gasteiger partial charge in [0.25, 0.3) is 0 Å². The van der Waals surface area contributed by atoms with Crippen molar-refractivity contribution in [2.75, 3.05) is 18.4 Å².